The van der Waals surface area contributed by atoms with Gasteiger partial charge >= 0.3 is 0 Å². The molecule has 0 fully saturated rings. The standard InChI is InChI=1S/C15H24N2O/c1-5-13(14-8-7-12(4)10-16-14)17-15(18)9-6-11(2)3/h7-8,10-11,13H,5-6,9H2,1-4H3,(H,17,18)/t13-/m0/s1. The van der Waals surface area contributed by atoms with Crippen molar-refractivity contribution in [2.24, 2.45) is 5.92 Å². The number of pyridine rings is 1. The normalized spacial score (nSPS) is 12.5. The third-order valence-corrected chi connectivity index (χ3v) is 2.98. The molecule has 0 aliphatic heterocycles. The van der Waals surface area contributed by atoms with Gasteiger partial charge in [0.1, 0.15) is 0 Å². The summed E-state index contributed by atoms with van der Waals surface area (Å²) in [6, 6.07) is 4.06. The van der Waals surface area contributed by atoms with Crippen molar-refractivity contribution in [1.29, 1.82) is 0 Å². The van der Waals surface area contributed by atoms with Crippen LogP contribution in [0.25, 0.3) is 0 Å². The number of carbonyl (C=O) groups is 1. The topological polar surface area (TPSA) is 42.0 Å². The lowest BCUT2D eigenvalue weighted by molar-refractivity contribution is -0.122. The zero-order valence-electron chi connectivity index (χ0n) is 11.9. The van der Waals surface area contributed by atoms with Crippen molar-refractivity contribution >= 4 is 5.91 Å². The van der Waals surface area contributed by atoms with E-state index in [0.717, 1.165) is 24.1 Å². The van der Waals surface area contributed by atoms with Crippen molar-refractivity contribution in [3.63, 3.8) is 0 Å². The van der Waals surface area contributed by atoms with Gasteiger partial charge in [0.05, 0.1) is 11.7 Å². The largest absolute Gasteiger partial charge is 0.348 e. The van der Waals surface area contributed by atoms with Gasteiger partial charge in [-0.3, -0.25) is 9.78 Å². The minimum Gasteiger partial charge on any atom is -0.348 e. The highest BCUT2D eigenvalue weighted by Gasteiger charge is 2.13. The molecular formula is C15H24N2O. The van der Waals surface area contributed by atoms with E-state index in [9.17, 15) is 4.79 Å². The number of hydrogen-bond donors (Lipinski definition) is 1. The fraction of sp³-hybridized carbons (Fsp3) is 0.600. The highest BCUT2D eigenvalue weighted by atomic mass is 16.1. The lowest BCUT2D eigenvalue weighted by atomic mass is 10.1. The van der Waals surface area contributed by atoms with E-state index in [2.05, 4.69) is 31.1 Å². The smallest absolute Gasteiger partial charge is 0.220 e. The van der Waals surface area contributed by atoms with Gasteiger partial charge in [0.25, 0.3) is 0 Å². The summed E-state index contributed by atoms with van der Waals surface area (Å²) in [6.45, 7) is 8.34. The molecule has 1 aromatic rings. The maximum absolute atomic E-state index is 11.8. The van der Waals surface area contributed by atoms with Crippen LogP contribution in [0.15, 0.2) is 18.3 Å². The molecule has 1 aromatic heterocycles. The molecule has 1 rings (SSSR count). The Hall–Kier alpha value is -1.38. The van der Waals surface area contributed by atoms with Gasteiger partial charge in [-0.05, 0) is 37.3 Å². The van der Waals surface area contributed by atoms with Crippen LogP contribution in [0.2, 0.25) is 0 Å². The molecule has 0 aliphatic rings. The van der Waals surface area contributed by atoms with Crippen LogP contribution in [0.5, 0.6) is 0 Å². The van der Waals surface area contributed by atoms with Crippen molar-refractivity contribution in [2.45, 2.75) is 53.0 Å². The fourth-order valence-corrected chi connectivity index (χ4v) is 1.76. The van der Waals surface area contributed by atoms with Crippen molar-refractivity contribution in [3.05, 3.63) is 29.6 Å². The molecule has 0 saturated carbocycles. The van der Waals surface area contributed by atoms with Gasteiger partial charge in [-0.2, -0.15) is 0 Å². The minimum absolute atomic E-state index is 0.0327. The zero-order valence-corrected chi connectivity index (χ0v) is 11.9. The molecule has 1 N–H and O–H groups in total. The monoisotopic (exact) mass is 248 g/mol. The van der Waals surface area contributed by atoms with E-state index >= 15 is 0 Å². The molecule has 0 radical (unpaired) electrons. The summed E-state index contributed by atoms with van der Waals surface area (Å²) in [5.41, 5.74) is 2.08. The van der Waals surface area contributed by atoms with Crippen molar-refractivity contribution in [1.82, 2.24) is 10.3 Å². The lowest BCUT2D eigenvalue weighted by Gasteiger charge is -2.17. The number of carbonyl (C=O) groups excluding carboxylic acids is 1. The van der Waals surface area contributed by atoms with Gasteiger partial charge in [-0.15, -0.1) is 0 Å². The summed E-state index contributed by atoms with van der Waals surface area (Å²) in [7, 11) is 0. The third-order valence-electron chi connectivity index (χ3n) is 2.98. The Morgan fingerprint density at radius 1 is 1.39 bits per heavy atom. The molecule has 1 amide bonds. The fourth-order valence-electron chi connectivity index (χ4n) is 1.76. The zero-order chi connectivity index (χ0) is 13.5. The van der Waals surface area contributed by atoms with Crippen molar-refractivity contribution in [2.75, 3.05) is 0 Å². The number of amides is 1. The van der Waals surface area contributed by atoms with Gasteiger partial charge in [0, 0.05) is 12.6 Å². The molecule has 0 saturated heterocycles. The van der Waals surface area contributed by atoms with Crippen LogP contribution in [0.3, 0.4) is 0 Å². The first kappa shape index (κ1) is 14.7. The van der Waals surface area contributed by atoms with Gasteiger partial charge in [-0.25, -0.2) is 0 Å². The van der Waals surface area contributed by atoms with Gasteiger partial charge in [0.2, 0.25) is 5.91 Å². The van der Waals surface area contributed by atoms with Crippen molar-refractivity contribution < 1.29 is 4.79 Å². The SMILES string of the molecule is CC[C@H](NC(=O)CCC(C)C)c1ccc(C)cn1. The van der Waals surface area contributed by atoms with E-state index in [0.29, 0.717) is 12.3 Å². The molecule has 0 spiro atoms. The van der Waals surface area contributed by atoms with Crippen LogP contribution in [0, 0.1) is 12.8 Å². The minimum atomic E-state index is 0.0327. The number of nitrogens with one attached hydrogen (secondary N) is 1. The highest BCUT2D eigenvalue weighted by molar-refractivity contribution is 5.76. The van der Waals surface area contributed by atoms with Gasteiger partial charge in [-0.1, -0.05) is 26.8 Å². The highest BCUT2D eigenvalue weighted by Crippen LogP contribution is 2.15. The van der Waals surface area contributed by atoms with Crippen LogP contribution >= 0.6 is 0 Å². The summed E-state index contributed by atoms with van der Waals surface area (Å²) < 4.78 is 0. The first-order valence-electron chi connectivity index (χ1n) is 6.74. The molecule has 0 unspecified atom stereocenters. The van der Waals surface area contributed by atoms with Crippen LogP contribution in [-0.4, -0.2) is 10.9 Å². The first-order chi connectivity index (χ1) is 8.52. The number of nitrogens with zero attached hydrogens (tertiary/aromatic N) is 1. The van der Waals surface area contributed by atoms with Crippen LogP contribution < -0.4 is 5.32 Å². The van der Waals surface area contributed by atoms with E-state index in [-0.39, 0.29) is 11.9 Å². The molecule has 0 aliphatic carbocycles. The molecule has 1 heterocycles. The number of hydrogen-bond acceptors (Lipinski definition) is 2. The van der Waals surface area contributed by atoms with E-state index in [1.54, 1.807) is 0 Å². The molecule has 0 bridgehead atoms. The molecule has 3 heteroatoms. The Labute approximate surface area is 110 Å². The van der Waals surface area contributed by atoms with E-state index in [1.807, 2.05) is 25.3 Å². The summed E-state index contributed by atoms with van der Waals surface area (Å²) in [5, 5.41) is 3.06. The lowest BCUT2D eigenvalue weighted by Crippen LogP contribution is -2.28. The molecular weight excluding hydrogens is 224 g/mol. The Morgan fingerprint density at radius 3 is 2.61 bits per heavy atom. The van der Waals surface area contributed by atoms with Crippen LogP contribution in [0.1, 0.15) is 57.3 Å². The number of aryl methyl sites for hydroxylation is 1. The molecule has 1 atom stereocenters. The average molecular weight is 248 g/mol. The Kier molecular flexibility index (Phi) is 5.83. The summed E-state index contributed by atoms with van der Waals surface area (Å²) in [5.74, 6) is 0.686. The summed E-state index contributed by atoms with van der Waals surface area (Å²) in [6.07, 6.45) is 4.24. The molecule has 3 nitrogen and oxygen atoms in total. The third kappa shape index (κ3) is 4.86. The van der Waals surface area contributed by atoms with Gasteiger partial charge in [0.15, 0.2) is 0 Å². The predicted molar refractivity (Wildman–Crippen MR) is 74.2 cm³/mol. The number of rotatable bonds is 6. The molecule has 0 aromatic carbocycles. The second kappa shape index (κ2) is 7.14. The van der Waals surface area contributed by atoms with E-state index in [1.165, 1.54) is 0 Å². The Balaban J connectivity index is 2.56. The maximum Gasteiger partial charge on any atom is 0.220 e. The molecule has 18 heavy (non-hydrogen) atoms. The summed E-state index contributed by atoms with van der Waals surface area (Å²) in [4.78, 5) is 16.2. The van der Waals surface area contributed by atoms with Gasteiger partial charge < -0.3 is 5.32 Å². The van der Waals surface area contributed by atoms with Crippen molar-refractivity contribution in [3.8, 4) is 0 Å². The quantitative estimate of drug-likeness (QED) is 0.838. The van der Waals surface area contributed by atoms with E-state index in [4.69, 9.17) is 0 Å². The van der Waals surface area contributed by atoms with Crippen LogP contribution in [-0.2, 0) is 4.79 Å². The Morgan fingerprint density at radius 2 is 2.11 bits per heavy atom. The maximum atomic E-state index is 11.8. The second-order valence-corrected chi connectivity index (χ2v) is 5.22. The molecule has 100 valence electrons. The average Bonchev–Trinajstić information content (AvgIpc) is 2.34. The van der Waals surface area contributed by atoms with Crippen LogP contribution in [0.4, 0.5) is 0 Å². The second-order valence-electron chi connectivity index (χ2n) is 5.22. The predicted octanol–water partition coefficient (Wildman–Crippen LogP) is 3.39. The first-order valence-corrected chi connectivity index (χ1v) is 6.74. The van der Waals surface area contributed by atoms with E-state index < -0.39 is 0 Å². The Bertz CT molecular complexity index is 371. The summed E-state index contributed by atoms with van der Waals surface area (Å²) >= 11 is 0. The number of aromatic nitrogens is 1.